The molecule has 0 bridgehead atoms. The van der Waals surface area contributed by atoms with Crippen molar-refractivity contribution in [2.75, 3.05) is 13.1 Å². The molecule has 0 aromatic heterocycles. The minimum absolute atomic E-state index is 0.0169. The molecule has 0 aromatic carbocycles. The number of rotatable bonds is 7. The maximum atomic E-state index is 11.7. The summed E-state index contributed by atoms with van der Waals surface area (Å²) < 4.78 is 0. The average Bonchev–Trinajstić information content (AvgIpc) is 3.08. The number of urea groups is 1. The second-order valence-corrected chi connectivity index (χ2v) is 4.81. The van der Waals surface area contributed by atoms with Gasteiger partial charge in [0.2, 0.25) is 5.91 Å². The third-order valence-electron chi connectivity index (χ3n) is 3.01. The van der Waals surface area contributed by atoms with Crippen molar-refractivity contribution in [1.82, 2.24) is 15.5 Å². The van der Waals surface area contributed by atoms with Gasteiger partial charge in [0.05, 0.1) is 13.0 Å². The molecule has 1 aliphatic carbocycles. The number of hydrogen-bond donors (Lipinski definition) is 3. The number of carboxylic acids is 1. The van der Waals surface area contributed by atoms with Crippen LogP contribution in [0, 0.1) is 0 Å². The van der Waals surface area contributed by atoms with Crippen LogP contribution in [0.5, 0.6) is 0 Å². The SMILES string of the molecule is CCN(CC(=O)NC(=O)NC1CC1)C(C)CC(=O)O. The number of hydrogen-bond acceptors (Lipinski definition) is 4. The second kappa shape index (κ2) is 7.08. The zero-order valence-corrected chi connectivity index (χ0v) is 11.3. The molecule has 0 radical (unpaired) electrons. The van der Waals surface area contributed by atoms with Gasteiger partial charge in [0.1, 0.15) is 0 Å². The van der Waals surface area contributed by atoms with Crippen molar-refractivity contribution in [2.24, 2.45) is 0 Å². The summed E-state index contributed by atoms with van der Waals surface area (Å²) in [6, 6.07) is -0.532. The lowest BCUT2D eigenvalue weighted by molar-refractivity contribution is -0.138. The zero-order valence-electron chi connectivity index (χ0n) is 11.3. The van der Waals surface area contributed by atoms with E-state index >= 15 is 0 Å². The Kier molecular flexibility index (Phi) is 5.75. The second-order valence-electron chi connectivity index (χ2n) is 4.81. The van der Waals surface area contributed by atoms with Crippen LogP contribution < -0.4 is 10.6 Å². The van der Waals surface area contributed by atoms with Gasteiger partial charge in [-0.2, -0.15) is 0 Å². The van der Waals surface area contributed by atoms with Crippen molar-refractivity contribution in [2.45, 2.75) is 45.2 Å². The van der Waals surface area contributed by atoms with Crippen molar-refractivity contribution in [1.29, 1.82) is 0 Å². The Labute approximate surface area is 112 Å². The molecule has 3 amide bonds. The molecular weight excluding hydrogens is 250 g/mol. The molecule has 0 aliphatic heterocycles. The van der Waals surface area contributed by atoms with Gasteiger partial charge in [-0.1, -0.05) is 6.92 Å². The average molecular weight is 271 g/mol. The van der Waals surface area contributed by atoms with Gasteiger partial charge in [-0.25, -0.2) is 4.79 Å². The fourth-order valence-corrected chi connectivity index (χ4v) is 1.76. The molecule has 0 spiro atoms. The molecule has 0 heterocycles. The molecular formula is C12H21N3O4. The first-order valence-electron chi connectivity index (χ1n) is 6.48. The molecule has 1 fully saturated rings. The molecule has 1 saturated carbocycles. The number of nitrogens with zero attached hydrogens (tertiary/aromatic N) is 1. The lowest BCUT2D eigenvalue weighted by atomic mass is 10.2. The van der Waals surface area contributed by atoms with Crippen molar-refractivity contribution in [3.63, 3.8) is 0 Å². The fraction of sp³-hybridized carbons (Fsp3) is 0.750. The Morgan fingerprint density at radius 2 is 2.00 bits per heavy atom. The number of imide groups is 1. The van der Waals surface area contributed by atoms with Crippen molar-refractivity contribution in [3.8, 4) is 0 Å². The van der Waals surface area contributed by atoms with Gasteiger partial charge in [0, 0.05) is 12.1 Å². The van der Waals surface area contributed by atoms with E-state index in [1.807, 2.05) is 6.92 Å². The van der Waals surface area contributed by atoms with E-state index < -0.39 is 17.9 Å². The summed E-state index contributed by atoms with van der Waals surface area (Å²) in [5.74, 6) is -1.32. The molecule has 0 saturated heterocycles. The van der Waals surface area contributed by atoms with Crippen LogP contribution in [0.2, 0.25) is 0 Å². The molecule has 1 atom stereocenters. The number of carbonyl (C=O) groups excluding carboxylic acids is 2. The number of carboxylic acid groups (broad SMARTS) is 1. The molecule has 108 valence electrons. The molecule has 1 aliphatic rings. The van der Waals surface area contributed by atoms with Gasteiger partial charge in [-0.05, 0) is 26.3 Å². The molecule has 7 nitrogen and oxygen atoms in total. The molecule has 19 heavy (non-hydrogen) atoms. The van der Waals surface area contributed by atoms with Gasteiger partial charge < -0.3 is 10.4 Å². The summed E-state index contributed by atoms with van der Waals surface area (Å²) in [7, 11) is 0. The van der Waals surface area contributed by atoms with E-state index in [0.717, 1.165) is 12.8 Å². The summed E-state index contributed by atoms with van der Waals surface area (Å²) >= 11 is 0. The van der Waals surface area contributed by atoms with Crippen molar-refractivity contribution in [3.05, 3.63) is 0 Å². The third kappa shape index (κ3) is 6.19. The topological polar surface area (TPSA) is 98.7 Å². The first kappa shape index (κ1) is 15.4. The number of likely N-dealkylation sites (N-methyl/N-ethyl adjacent to an activating group) is 1. The highest BCUT2D eigenvalue weighted by molar-refractivity contribution is 5.95. The maximum absolute atomic E-state index is 11.7. The summed E-state index contributed by atoms with van der Waals surface area (Å²) in [6.45, 7) is 4.15. The third-order valence-corrected chi connectivity index (χ3v) is 3.01. The van der Waals surface area contributed by atoms with Gasteiger partial charge >= 0.3 is 12.0 Å². The van der Waals surface area contributed by atoms with Gasteiger partial charge in [-0.3, -0.25) is 19.8 Å². The number of amides is 3. The van der Waals surface area contributed by atoms with Crippen LogP contribution in [0.25, 0.3) is 0 Å². The Morgan fingerprint density at radius 1 is 1.37 bits per heavy atom. The summed E-state index contributed by atoms with van der Waals surface area (Å²) in [6.07, 6.45) is 1.88. The quantitative estimate of drug-likeness (QED) is 0.612. The Bertz CT molecular complexity index is 355. The highest BCUT2D eigenvalue weighted by Crippen LogP contribution is 2.18. The molecule has 1 rings (SSSR count). The van der Waals surface area contributed by atoms with E-state index in [9.17, 15) is 14.4 Å². The highest BCUT2D eigenvalue weighted by Gasteiger charge is 2.24. The number of aliphatic carboxylic acids is 1. The summed E-state index contributed by atoms with van der Waals surface area (Å²) in [5, 5.41) is 13.6. The first-order valence-corrected chi connectivity index (χ1v) is 6.48. The van der Waals surface area contributed by atoms with E-state index in [1.165, 1.54) is 0 Å². The van der Waals surface area contributed by atoms with Crippen LogP contribution in [-0.4, -0.2) is 53.1 Å². The van der Waals surface area contributed by atoms with E-state index in [2.05, 4.69) is 10.6 Å². The van der Waals surface area contributed by atoms with E-state index in [4.69, 9.17) is 5.11 Å². The smallest absolute Gasteiger partial charge is 0.321 e. The Balaban J connectivity index is 2.34. The van der Waals surface area contributed by atoms with Crippen LogP contribution >= 0.6 is 0 Å². The maximum Gasteiger partial charge on any atom is 0.321 e. The largest absolute Gasteiger partial charge is 0.481 e. The van der Waals surface area contributed by atoms with E-state index in [1.54, 1.807) is 11.8 Å². The number of carbonyl (C=O) groups is 3. The van der Waals surface area contributed by atoms with Crippen LogP contribution in [0.15, 0.2) is 0 Å². The first-order chi connectivity index (χ1) is 8.92. The standard InChI is InChI=1S/C12H21N3O4/c1-3-15(8(2)6-11(17)18)7-10(16)14-12(19)13-9-4-5-9/h8-9H,3-7H2,1-2H3,(H,17,18)(H2,13,14,16,19). The van der Waals surface area contributed by atoms with Gasteiger partial charge in [0.15, 0.2) is 0 Å². The van der Waals surface area contributed by atoms with Crippen LogP contribution in [0.4, 0.5) is 4.79 Å². The van der Waals surface area contributed by atoms with Crippen LogP contribution in [-0.2, 0) is 9.59 Å². The lowest BCUT2D eigenvalue weighted by Gasteiger charge is -2.25. The zero-order chi connectivity index (χ0) is 14.4. The predicted molar refractivity (Wildman–Crippen MR) is 68.7 cm³/mol. The van der Waals surface area contributed by atoms with Crippen LogP contribution in [0.1, 0.15) is 33.1 Å². The van der Waals surface area contributed by atoms with Crippen LogP contribution in [0.3, 0.4) is 0 Å². The Hall–Kier alpha value is -1.63. The molecule has 7 heteroatoms. The van der Waals surface area contributed by atoms with Crippen molar-refractivity contribution >= 4 is 17.9 Å². The monoisotopic (exact) mass is 271 g/mol. The normalized spacial score (nSPS) is 15.9. The number of nitrogens with one attached hydrogen (secondary N) is 2. The van der Waals surface area contributed by atoms with Crippen molar-refractivity contribution < 1.29 is 19.5 Å². The van der Waals surface area contributed by atoms with E-state index in [-0.39, 0.29) is 25.0 Å². The molecule has 3 N–H and O–H groups in total. The van der Waals surface area contributed by atoms with E-state index in [0.29, 0.717) is 6.54 Å². The molecule has 1 unspecified atom stereocenters. The predicted octanol–water partition coefficient (Wildman–Crippen LogP) is 0.160. The summed E-state index contributed by atoms with van der Waals surface area (Å²) in [5.41, 5.74) is 0. The minimum atomic E-state index is -0.905. The summed E-state index contributed by atoms with van der Waals surface area (Å²) in [4.78, 5) is 35.4. The lowest BCUT2D eigenvalue weighted by Crippen LogP contribution is -2.47. The highest BCUT2D eigenvalue weighted by atomic mass is 16.4. The van der Waals surface area contributed by atoms with Gasteiger partial charge in [-0.15, -0.1) is 0 Å². The minimum Gasteiger partial charge on any atom is -0.481 e. The molecule has 0 aromatic rings. The fourth-order valence-electron chi connectivity index (χ4n) is 1.76. The van der Waals surface area contributed by atoms with Gasteiger partial charge in [0.25, 0.3) is 0 Å². The Morgan fingerprint density at radius 3 is 2.47 bits per heavy atom.